The lowest BCUT2D eigenvalue weighted by Crippen LogP contribution is -2.31. The minimum atomic E-state index is -1.13. The van der Waals surface area contributed by atoms with Crippen molar-refractivity contribution in [1.82, 2.24) is 14.5 Å². The van der Waals surface area contributed by atoms with E-state index in [2.05, 4.69) is 63.4 Å². The summed E-state index contributed by atoms with van der Waals surface area (Å²) >= 11 is 6.96. The van der Waals surface area contributed by atoms with Crippen molar-refractivity contribution in [1.29, 1.82) is 0 Å². The van der Waals surface area contributed by atoms with Crippen molar-refractivity contribution in [2.24, 2.45) is 5.92 Å². The molecule has 6 nitrogen and oxygen atoms in total. The predicted octanol–water partition coefficient (Wildman–Crippen LogP) is 4.78. The number of ether oxygens (including phenoxy) is 1. The van der Waals surface area contributed by atoms with Gasteiger partial charge in [0.25, 0.3) is 0 Å². The molecule has 1 N–H and O–H groups in total. The largest absolute Gasteiger partial charge is 0.465 e. The SMILES string of the molecule is C[C@H]1C[C@@H](c2nc(Br)c(Br)n2COCC[Si](C)(C)C)N(C(=O)O)C1. The number of amides is 1. The van der Waals surface area contributed by atoms with E-state index in [0.717, 1.165) is 22.9 Å². The molecule has 24 heavy (non-hydrogen) atoms. The monoisotopic (exact) mass is 481 g/mol. The van der Waals surface area contributed by atoms with Crippen molar-refractivity contribution in [3.05, 3.63) is 15.0 Å². The number of nitrogens with zero attached hydrogens (tertiary/aromatic N) is 3. The topological polar surface area (TPSA) is 67.6 Å². The Hall–Kier alpha value is -0.383. The molecule has 136 valence electrons. The molecule has 0 spiro atoms. The fourth-order valence-corrected chi connectivity index (χ4v) is 4.36. The van der Waals surface area contributed by atoms with Gasteiger partial charge in [0.2, 0.25) is 0 Å². The average molecular weight is 483 g/mol. The molecule has 1 aromatic rings. The number of carboxylic acid groups (broad SMARTS) is 1. The number of hydrogen-bond acceptors (Lipinski definition) is 3. The van der Waals surface area contributed by atoms with Crippen molar-refractivity contribution >= 4 is 46.0 Å². The van der Waals surface area contributed by atoms with Gasteiger partial charge in [0, 0.05) is 21.2 Å². The van der Waals surface area contributed by atoms with Crippen LogP contribution in [0.2, 0.25) is 25.7 Å². The van der Waals surface area contributed by atoms with Gasteiger partial charge < -0.3 is 9.84 Å². The number of imidazole rings is 1. The van der Waals surface area contributed by atoms with Crippen LogP contribution in [0.5, 0.6) is 0 Å². The molecule has 0 unspecified atom stereocenters. The molecule has 1 saturated heterocycles. The summed E-state index contributed by atoms with van der Waals surface area (Å²) in [7, 11) is -1.13. The van der Waals surface area contributed by atoms with Crippen molar-refractivity contribution in [3.63, 3.8) is 0 Å². The molecule has 1 fully saturated rings. The van der Waals surface area contributed by atoms with Gasteiger partial charge in [-0.05, 0) is 50.2 Å². The van der Waals surface area contributed by atoms with E-state index in [1.54, 1.807) is 0 Å². The molecule has 1 aliphatic heterocycles. The van der Waals surface area contributed by atoms with E-state index >= 15 is 0 Å². The van der Waals surface area contributed by atoms with Crippen LogP contribution in [0.3, 0.4) is 0 Å². The Morgan fingerprint density at radius 2 is 2.08 bits per heavy atom. The van der Waals surface area contributed by atoms with Gasteiger partial charge in [0.1, 0.15) is 21.8 Å². The zero-order valence-corrected chi connectivity index (χ0v) is 18.7. The third-order valence-corrected chi connectivity index (χ3v) is 7.76. The molecule has 0 aromatic carbocycles. The molecule has 1 aromatic heterocycles. The van der Waals surface area contributed by atoms with Crippen molar-refractivity contribution in [2.45, 2.75) is 51.8 Å². The lowest BCUT2D eigenvalue weighted by atomic mass is 10.1. The van der Waals surface area contributed by atoms with Gasteiger partial charge in [-0.25, -0.2) is 9.78 Å². The summed E-state index contributed by atoms with van der Waals surface area (Å²) in [6.45, 7) is 10.6. The first kappa shape index (κ1) is 19.9. The van der Waals surface area contributed by atoms with E-state index in [0.29, 0.717) is 30.4 Å². The highest BCUT2D eigenvalue weighted by molar-refractivity contribution is 9.13. The van der Waals surface area contributed by atoms with Gasteiger partial charge in [0.05, 0.1) is 6.04 Å². The standard InChI is InChI=1S/C15H25Br2N3O3Si/c1-10-7-11(19(8-10)15(21)22)14-18-12(16)13(17)20(14)9-23-5-6-24(2,3)4/h10-11H,5-9H2,1-4H3,(H,21,22)/t10-,11-/m0/s1. The molecule has 0 radical (unpaired) electrons. The Morgan fingerprint density at radius 1 is 1.42 bits per heavy atom. The van der Waals surface area contributed by atoms with Crippen LogP contribution in [0.4, 0.5) is 4.79 Å². The zero-order valence-electron chi connectivity index (χ0n) is 14.6. The van der Waals surface area contributed by atoms with E-state index in [4.69, 9.17) is 4.74 Å². The fourth-order valence-electron chi connectivity index (χ4n) is 2.83. The first-order valence-electron chi connectivity index (χ1n) is 8.09. The molecule has 9 heteroatoms. The van der Waals surface area contributed by atoms with Gasteiger partial charge in [-0.1, -0.05) is 26.6 Å². The minimum absolute atomic E-state index is 0.235. The Kier molecular flexibility index (Phi) is 6.55. The first-order chi connectivity index (χ1) is 11.1. The Morgan fingerprint density at radius 3 is 2.67 bits per heavy atom. The van der Waals surface area contributed by atoms with Crippen molar-refractivity contribution < 1.29 is 14.6 Å². The van der Waals surface area contributed by atoms with E-state index in [1.807, 2.05) is 4.57 Å². The Balaban J connectivity index is 2.16. The zero-order chi connectivity index (χ0) is 18.1. The van der Waals surface area contributed by atoms with Gasteiger partial charge in [0.15, 0.2) is 0 Å². The van der Waals surface area contributed by atoms with Crippen molar-refractivity contribution in [2.75, 3.05) is 13.2 Å². The molecule has 0 bridgehead atoms. The maximum absolute atomic E-state index is 11.5. The molecule has 1 aliphatic rings. The number of hydrogen-bond donors (Lipinski definition) is 1. The third-order valence-electron chi connectivity index (χ3n) is 4.17. The molecule has 0 aliphatic carbocycles. The normalized spacial score (nSPS) is 21.5. The first-order valence-corrected chi connectivity index (χ1v) is 13.4. The van der Waals surface area contributed by atoms with Crippen LogP contribution in [-0.2, 0) is 11.5 Å². The van der Waals surface area contributed by atoms with Gasteiger partial charge >= 0.3 is 6.09 Å². The van der Waals surface area contributed by atoms with E-state index in [-0.39, 0.29) is 6.04 Å². The summed E-state index contributed by atoms with van der Waals surface area (Å²) in [6.07, 6.45) is -0.123. The maximum atomic E-state index is 11.5. The van der Waals surface area contributed by atoms with E-state index < -0.39 is 14.2 Å². The van der Waals surface area contributed by atoms with Crippen LogP contribution in [0, 0.1) is 5.92 Å². The van der Waals surface area contributed by atoms with Crippen LogP contribution < -0.4 is 0 Å². The van der Waals surface area contributed by atoms with Gasteiger partial charge in [-0.15, -0.1) is 0 Å². The smallest absolute Gasteiger partial charge is 0.407 e. The third kappa shape index (κ3) is 4.83. The number of aromatic nitrogens is 2. The summed E-state index contributed by atoms with van der Waals surface area (Å²) in [5.41, 5.74) is 0. The van der Waals surface area contributed by atoms with Crippen LogP contribution in [0.25, 0.3) is 0 Å². The second-order valence-electron chi connectivity index (χ2n) is 7.62. The summed E-state index contributed by atoms with van der Waals surface area (Å²) in [6, 6.07) is 0.859. The maximum Gasteiger partial charge on any atom is 0.407 e. The highest BCUT2D eigenvalue weighted by Gasteiger charge is 2.37. The summed E-state index contributed by atoms with van der Waals surface area (Å²) in [5.74, 6) is 1.05. The Labute approximate surface area is 160 Å². The molecule has 0 saturated carbocycles. The molecule has 2 rings (SSSR count). The highest BCUT2D eigenvalue weighted by atomic mass is 79.9. The summed E-state index contributed by atoms with van der Waals surface area (Å²) < 4.78 is 9.24. The number of likely N-dealkylation sites (tertiary alicyclic amines) is 1. The van der Waals surface area contributed by atoms with Gasteiger partial charge in [-0.2, -0.15) is 0 Å². The highest BCUT2D eigenvalue weighted by Crippen LogP contribution is 2.37. The van der Waals surface area contributed by atoms with Gasteiger partial charge in [-0.3, -0.25) is 9.47 Å². The molecule has 1 amide bonds. The lowest BCUT2D eigenvalue weighted by molar-refractivity contribution is 0.0790. The average Bonchev–Trinajstić information content (AvgIpc) is 2.97. The predicted molar refractivity (Wildman–Crippen MR) is 103 cm³/mol. The fraction of sp³-hybridized carbons (Fsp3) is 0.733. The van der Waals surface area contributed by atoms with Crippen LogP contribution >= 0.6 is 31.9 Å². The van der Waals surface area contributed by atoms with Crippen LogP contribution in [-0.4, -0.2) is 46.9 Å². The molecule has 2 atom stereocenters. The number of rotatable bonds is 6. The van der Waals surface area contributed by atoms with Crippen LogP contribution in [0.15, 0.2) is 9.21 Å². The lowest BCUT2D eigenvalue weighted by Gasteiger charge is -2.22. The quantitative estimate of drug-likeness (QED) is 0.467. The second-order valence-corrected chi connectivity index (χ2v) is 14.7. The number of halogens is 2. The molecular formula is C15H25Br2N3O3Si. The molecule has 2 heterocycles. The molecular weight excluding hydrogens is 458 g/mol. The minimum Gasteiger partial charge on any atom is -0.465 e. The Bertz CT molecular complexity index is 604. The number of carbonyl (C=O) groups is 1. The van der Waals surface area contributed by atoms with E-state index in [9.17, 15) is 9.90 Å². The van der Waals surface area contributed by atoms with E-state index in [1.165, 1.54) is 4.90 Å². The second kappa shape index (κ2) is 7.88. The summed E-state index contributed by atoms with van der Waals surface area (Å²) in [4.78, 5) is 17.6. The van der Waals surface area contributed by atoms with Crippen molar-refractivity contribution in [3.8, 4) is 0 Å². The van der Waals surface area contributed by atoms with Crippen LogP contribution in [0.1, 0.15) is 25.2 Å². The summed E-state index contributed by atoms with van der Waals surface area (Å²) in [5, 5.41) is 9.47.